The lowest BCUT2D eigenvalue weighted by molar-refractivity contribution is 0.0600. The maximum absolute atomic E-state index is 13.3. The quantitative estimate of drug-likeness (QED) is 0.229. The number of carbonyl (C=O) groups excluding carboxylic acids is 3. The number of rotatable bonds is 9. The first-order chi connectivity index (χ1) is 16.3. The Hall–Kier alpha value is -3.22. The number of nitrogens with zero attached hydrogens (tertiary/aromatic N) is 1. The summed E-state index contributed by atoms with van der Waals surface area (Å²) < 4.78 is 5.83. The molecule has 1 aromatic heterocycles. The molecular weight excluding hydrogens is 477 g/mol. The third kappa shape index (κ3) is 5.46. The summed E-state index contributed by atoms with van der Waals surface area (Å²) in [7, 11) is 1.30. The molecule has 3 rings (SSSR count). The number of aromatic nitrogens is 1. The molecule has 0 aliphatic carbocycles. The highest BCUT2D eigenvalue weighted by atomic mass is 35.5. The molecule has 0 fully saturated rings. The standard InChI is InChI=1S/C26H23Cl2NO5/c1-3-6-17-7-4-5-8-19(17)23(30)24(31)22-20(27)15-21(28)25(32)29(22)14-13-16-9-11-18(12-10-16)26(33)34-2/h4-5,7-12,15H,3,6,13-14H2,1-2H3. The number of esters is 1. The molecule has 0 aliphatic rings. The number of carbonyl (C=O) groups is 3. The van der Waals surface area contributed by atoms with Crippen LogP contribution in [0.15, 0.2) is 59.4 Å². The van der Waals surface area contributed by atoms with Gasteiger partial charge in [0.15, 0.2) is 0 Å². The van der Waals surface area contributed by atoms with Crippen molar-refractivity contribution < 1.29 is 19.1 Å². The molecule has 1 heterocycles. The van der Waals surface area contributed by atoms with E-state index in [-0.39, 0.29) is 27.8 Å². The molecule has 0 aliphatic heterocycles. The van der Waals surface area contributed by atoms with E-state index in [2.05, 4.69) is 4.74 Å². The van der Waals surface area contributed by atoms with Crippen molar-refractivity contribution >= 4 is 40.7 Å². The number of ether oxygens (including phenoxy) is 1. The second-order valence-corrected chi connectivity index (χ2v) is 8.46. The van der Waals surface area contributed by atoms with Crippen LogP contribution in [0, 0.1) is 0 Å². The smallest absolute Gasteiger partial charge is 0.337 e. The van der Waals surface area contributed by atoms with Gasteiger partial charge in [0.05, 0.1) is 17.7 Å². The molecule has 0 atom stereocenters. The van der Waals surface area contributed by atoms with Crippen molar-refractivity contribution in [2.75, 3.05) is 7.11 Å². The van der Waals surface area contributed by atoms with E-state index in [1.807, 2.05) is 13.0 Å². The average molecular weight is 500 g/mol. The van der Waals surface area contributed by atoms with Gasteiger partial charge in [-0.1, -0.05) is 72.9 Å². The highest BCUT2D eigenvalue weighted by Gasteiger charge is 2.27. The van der Waals surface area contributed by atoms with Crippen molar-refractivity contribution in [1.82, 2.24) is 4.57 Å². The van der Waals surface area contributed by atoms with E-state index in [1.165, 1.54) is 13.2 Å². The first-order valence-electron chi connectivity index (χ1n) is 10.7. The third-order valence-electron chi connectivity index (χ3n) is 5.40. The average Bonchev–Trinajstić information content (AvgIpc) is 2.84. The molecule has 0 radical (unpaired) electrons. The van der Waals surface area contributed by atoms with E-state index >= 15 is 0 Å². The SMILES string of the molecule is CCCc1ccccc1C(=O)C(=O)c1c(Cl)cc(Cl)c(=O)n1CCc1ccc(C(=O)OC)cc1. The van der Waals surface area contributed by atoms with E-state index in [1.54, 1.807) is 42.5 Å². The van der Waals surface area contributed by atoms with Crippen molar-refractivity contribution in [3.05, 3.63) is 103 Å². The summed E-state index contributed by atoms with van der Waals surface area (Å²) in [6, 6.07) is 14.7. The maximum atomic E-state index is 13.3. The van der Waals surface area contributed by atoms with Gasteiger partial charge in [-0.15, -0.1) is 0 Å². The fraction of sp³-hybridized carbons (Fsp3) is 0.231. The Bertz CT molecular complexity index is 1300. The van der Waals surface area contributed by atoms with Gasteiger partial charge in [0.2, 0.25) is 5.78 Å². The Kier molecular flexibility index (Phi) is 8.42. The van der Waals surface area contributed by atoms with E-state index in [9.17, 15) is 19.2 Å². The second kappa shape index (κ2) is 11.3. The summed E-state index contributed by atoms with van der Waals surface area (Å²) in [5.41, 5.74) is 1.43. The van der Waals surface area contributed by atoms with Gasteiger partial charge in [-0.2, -0.15) is 0 Å². The van der Waals surface area contributed by atoms with Crippen LogP contribution in [0.2, 0.25) is 10.0 Å². The van der Waals surface area contributed by atoms with Crippen LogP contribution in [0.4, 0.5) is 0 Å². The van der Waals surface area contributed by atoms with Gasteiger partial charge < -0.3 is 9.30 Å². The highest BCUT2D eigenvalue weighted by molar-refractivity contribution is 6.52. The molecule has 0 unspecified atom stereocenters. The number of hydrogen-bond donors (Lipinski definition) is 0. The molecular formula is C26H23Cl2NO5. The minimum absolute atomic E-state index is 0.0572. The van der Waals surface area contributed by atoms with Crippen molar-refractivity contribution in [3.8, 4) is 0 Å². The number of ketones is 2. The van der Waals surface area contributed by atoms with Crippen LogP contribution in [0.1, 0.15) is 55.7 Å². The number of methoxy groups -OCH3 is 1. The van der Waals surface area contributed by atoms with Crippen molar-refractivity contribution in [1.29, 1.82) is 0 Å². The number of aryl methyl sites for hydroxylation is 2. The first-order valence-corrected chi connectivity index (χ1v) is 11.5. The third-order valence-corrected chi connectivity index (χ3v) is 5.96. The Balaban J connectivity index is 1.95. The molecule has 0 spiro atoms. The van der Waals surface area contributed by atoms with Gasteiger partial charge in [-0.05, 0) is 42.2 Å². The Morgan fingerprint density at radius 3 is 2.24 bits per heavy atom. The van der Waals surface area contributed by atoms with Crippen LogP contribution in [-0.2, 0) is 24.1 Å². The van der Waals surface area contributed by atoms with Crippen LogP contribution < -0.4 is 5.56 Å². The lowest BCUT2D eigenvalue weighted by atomic mass is 9.96. The normalized spacial score (nSPS) is 10.7. The van der Waals surface area contributed by atoms with Gasteiger partial charge in [0.1, 0.15) is 10.7 Å². The summed E-state index contributed by atoms with van der Waals surface area (Å²) in [5.74, 6) is -2.06. The summed E-state index contributed by atoms with van der Waals surface area (Å²) in [6.45, 7) is 2.04. The Morgan fingerprint density at radius 2 is 1.59 bits per heavy atom. The van der Waals surface area contributed by atoms with Gasteiger partial charge in [0, 0.05) is 12.1 Å². The van der Waals surface area contributed by atoms with Crippen LogP contribution in [0.3, 0.4) is 0 Å². The monoisotopic (exact) mass is 499 g/mol. The fourth-order valence-electron chi connectivity index (χ4n) is 3.67. The molecule has 3 aromatic rings. The summed E-state index contributed by atoms with van der Waals surface area (Å²) in [5, 5.41) is -0.224. The Labute approximate surface area is 207 Å². The molecule has 8 heteroatoms. The van der Waals surface area contributed by atoms with Crippen LogP contribution in [0.25, 0.3) is 0 Å². The summed E-state index contributed by atoms with van der Waals surface area (Å²) >= 11 is 12.4. The largest absolute Gasteiger partial charge is 0.465 e. The summed E-state index contributed by atoms with van der Waals surface area (Å²) in [4.78, 5) is 50.9. The molecule has 0 saturated carbocycles. The molecule has 6 nitrogen and oxygen atoms in total. The first kappa shape index (κ1) is 25.4. The number of benzene rings is 2. The van der Waals surface area contributed by atoms with Crippen molar-refractivity contribution in [2.24, 2.45) is 0 Å². The van der Waals surface area contributed by atoms with E-state index in [0.717, 1.165) is 22.1 Å². The molecule has 0 saturated heterocycles. The number of hydrogen-bond acceptors (Lipinski definition) is 5. The molecule has 0 N–H and O–H groups in total. The lowest BCUT2D eigenvalue weighted by Gasteiger charge is -2.15. The van der Waals surface area contributed by atoms with Crippen molar-refractivity contribution in [3.63, 3.8) is 0 Å². The van der Waals surface area contributed by atoms with Gasteiger partial charge in [-0.3, -0.25) is 14.4 Å². The Morgan fingerprint density at radius 1 is 0.912 bits per heavy atom. The van der Waals surface area contributed by atoms with Gasteiger partial charge in [0.25, 0.3) is 11.3 Å². The maximum Gasteiger partial charge on any atom is 0.337 e. The van der Waals surface area contributed by atoms with Crippen LogP contribution in [0.5, 0.6) is 0 Å². The molecule has 34 heavy (non-hydrogen) atoms. The fourth-order valence-corrected chi connectivity index (χ4v) is 4.23. The van der Waals surface area contributed by atoms with Crippen LogP contribution in [-0.4, -0.2) is 29.2 Å². The molecule has 2 aromatic carbocycles. The molecule has 176 valence electrons. The zero-order valence-electron chi connectivity index (χ0n) is 18.8. The zero-order valence-corrected chi connectivity index (χ0v) is 20.3. The van der Waals surface area contributed by atoms with Crippen molar-refractivity contribution in [2.45, 2.75) is 32.7 Å². The van der Waals surface area contributed by atoms with E-state index < -0.39 is 23.1 Å². The highest BCUT2D eigenvalue weighted by Crippen LogP contribution is 2.22. The number of Topliss-reactive ketones (excluding diaryl/α,β-unsaturated/α-hetero) is 2. The number of halogens is 2. The topological polar surface area (TPSA) is 82.4 Å². The minimum atomic E-state index is -0.872. The second-order valence-electron chi connectivity index (χ2n) is 7.65. The number of pyridine rings is 1. The van der Waals surface area contributed by atoms with E-state index in [0.29, 0.717) is 18.4 Å². The lowest BCUT2D eigenvalue weighted by Crippen LogP contribution is -2.30. The summed E-state index contributed by atoms with van der Waals surface area (Å²) in [6.07, 6.45) is 1.77. The predicted octanol–water partition coefficient (Wildman–Crippen LogP) is 5.20. The van der Waals surface area contributed by atoms with Gasteiger partial charge in [-0.25, -0.2) is 4.79 Å². The minimum Gasteiger partial charge on any atom is -0.465 e. The molecule has 0 bridgehead atoms. The molecule has 0 amide bonds. The predicted molar refractivity (Wildman–Crippen MR) is 131 cm³/mol. The van der Waals surface area contributed by atoms with E-state index in [4.69, 9.17) is 23.2 Å². The zero-order chi connectivity index (χ0) is 24.8. The van der Waals surface area contributed by atoms with Gasteiger partial charge >= 0.3 is 5.97 Å². The van der Waals surface area contributed by atoms with Crippen LogP contribution >= 0.6 is 23.2 Å².